The smallest absolute Gasteiger partial charge is 0.260 e. The van der Waals surface area contributed by atoms with Gasteiger partial charge in [-0.05, 0) is 40.6 Å². The minimum absolute atomic E-state index is 0.0747. The number of rotatable bonds is 1. The molecule has 0 aliphatic heterocycles. The molecule has 1 N–H and O–H groups in total. The van der Waals surface area contributed by atoms with Crippen LogP contribution in [0.4, 0.5) is 0 Å². The summed E-state index contributed by atoms with van der Waals surface area (Å²) in [6, 6.07) is 7.28. The normalized spacial score (nSPS) is 12.0. The molecule has 0 unspecified atom stereocenters. The maximum absolute atomic E-state index is 12.5. The van der Waals surface area contributed by atoms with Crippen molar-refractivity contribution in [3.05, 3.63) is 50.6 Å². The maximum Gasteiger partial charge on any atom is 0.260 e. The van der Waals surface area contributed by atoms with Gasteiger partial charge >= 0.3 is 0 Å². The lowest BCUT2D eigenvalue weighted by atomic mass is 9.87. The first-order valence-corrected chi connectivity index (χ1v) is 7.90. The number of nitrogens with zero attached hydrogens (tertiary/aromatic N) is 1. The number of halogens is 1. The number of thiophene rings is 1. The summed E-state index contributed by atoms with van der Waals surface area (Å²) < 4.78 is 0. The first-order chi connectivity index (χ1) is 9.86. The van der Waals surface area contributed by atoms with Gasteiger partial charge < -0.3 is 4.98 Å². The van der Waals surface area contributed by atoms with Crippen LogP contribution in [0.3, 0.4) is 0 Å². The third-order valence-corrected chi connectivity index (χ3v) is 4.49. The Kier molecular flexibility index (Phi) is 3.38. The van der Waals surface area contributed by atoms with Gasteiger partial charge in [0.15, 0.2) is 0 Å². The molecule has 0 spiro atoms. The molecule has 0 bridgehead atoms. The van der Waals surface area contributed by atoms with Crippen LogP contribution in [0.25, 0.3) is 21.6 Å². The molecule has 3 aromatic rings. The maximum atomic E-state index is 12.5. The van der Waals surface area contributed by atoms with Gasteiger partial charge in [0, 0.05) is 10.6 Å². The van der Waals surface area contributed by atoms with Crippen LogP contribution < -0.4 is 5.56 Å². The minimum atomic E-state index is -0.0869. The highest BCUT2D eigenvalue weighted by Crippen LogP contribution is 2.32. The summed E-state index contributed by atoms with van der Waals surface area (Å²) >= 11 is 7.40. The van der Waals surface area contributed by atoms with Gasteiger partial charge in [0.05, 0.1) is 5.39 Å². The van der Waals surface area contributed by atoms with Crippen molar-refractivity contribution in [2.45, 2.75) is 26.2 Å². The first kappa shape index (κ1) is 14.3. The molecule has 1 aromatic carbocycles. The number of benzene rings is 1. The number of aromatic amines is 1. The van der Waals surface area contributed by atoms with E-state index >= 15 is 0 Å². The van der Waals surface area contributed by atoms with Crippen LogP contribution in [-0.2, 0) is 5.41 Å². The lowest BCUT2D eigenvalue weighted by Crippen LogP contribution is -2.16. The summed E-state index contributed by atoms with van der Waals surface area (Å²) in [6.45, 7) is 6.29. The number of nitrogens with one attached hydrogen (secondary N) is 1. The van der Waals surface area contributed by atoms with Gasteiger partial charge in [-0.3, -0.25) is 4.79 Å². The average Bonchev–Trinajstić information content (AvgIpc) is 2.83. The first-order valence-electron chi connectivity index (χ1n) is 6.64. The van der Waals surface area contributed by atoms with E-state index in [0.717, 1.165) is 16.0 Å². The molecule has 3 rings (SSSR count). The van der Waals surface area contributed by atoms with Gasteiger partial charge in [0.25, 0.3) is 5.56 Å². The second kappa shape index (κ2) is 4.97. The quantitative estimate of drug-likeness (QED) is 0.712. The van der Waals surface area contributed by atoms with Crippen molar-refractivity contribution >= 4 is 33.2 Å². The van der Waals surface area contributed by atoms with Crippen molar-refractivity contribution < 1.29 is 0 Å². The second-order valence-corrected chi connectivity index (χ2v) is 7.30. The summed E-state index contributed by atoms with van der Waals surface area (Å²) in [4.78, 5) is 20.7. The van der Waals surface area contributed by atoms with Crippen LogP contribution in [0.2, 0.25) is 5.02 Å². The van der Waals surface area contributed by atoms with Gasteiger partial charge in [0.2, 0.25) is 0 Å². The molecule has 0 aliphatic rings. The molecule has 21 heavy (non-hydrogen) atoms. The van der Waals surface area contributed by atoms with Crippen LogP contribution in [0.15, 0.2) is 34.4 Å². The fourth-order valence-corrected chi connectivity index (χ4v) is 3.54. The molecule has 0 fully saturated rings. The zero-order chi connectivity index (χ0) is 15.2. The predicted octanol–water partition coefficient (Wildman–Crippen LogP) is 4.60. The highest BCUT2D eigenvalue weighted by Gasteiger charge is 2.21. The summed E-state index contributed by atoms with van der Waals surface area (Å²) in [5.74, 6) is 0.575. The molecule has 2 heterocycles. The molecule has 5 heteroatoms. The van der Waals surface area contributed by atoms with Crippen molar-refractivity contribution in [3.8, 4) is 11.4 Å². The lowest BCUT2D eigenvalue weighted by Gasteiger charge is -2.16. The van der Waals surface area contributed by atoms with Crippen LogP contribution in [0.1, 0.15) is 26.3 Å². The molecule has 3 nitrogen and oxygen atoms in total. The summed E-state index contributed by atoms with van der Waals surface area (Å²) in [5.41, 5.74) is 1.73. The molecule has 108 valence electrons. The van der Waals surface area contributed by atoms with Gasteiger partial charge in [0.1, 0.15) is 10.7 Å². The van der Waals surface area contributed by atoms with Gasteiger partial charge in [-0.2, -0.15) is 0 Å². The Morgan fingerprint density at radius 2 is 1.86 bits per heavy atom. The number of H-pyrrole nitrogens is 1. The Labute approximate surface area is 131 Å². The van der Waals surface area contributed by atoms with Crippen LogP contribution >= 0.6 is 22.9 Å². The minimum Gasteiger partial charge on any atom is -0.306 e. The van der Waals surface area contributed by atoms with E-state index in [9.17, 15) is 4.79 Å². The highest BCUT2D eigenvalue weighted by molar-refractivity contribution is 7.16. The topological polar surface area (TPSA) is 45.8 Å². The number of hydrogen-bond acceptors (Lipinski definition) is 3. The SMILES string of the molecule is CC(C)(C)c1csc2nc(-c3ccc(Cl)cc3)[nH]c(=O)c12. The van der Waals surface area contributed by atoms with Crippen molar-refractivity contribution in [1.29, 1.82) is 0 Å². The monoisotopic (exact) mass is 318 g/mol. The predicted molar refractivity (Wildman–Crippen MR) is 89.4 cm³/mol. The molecule has 2 aromatic heterocycles. The Morgan fingerprint density at radius 1 is 1.19 bits per heavy atom. The van der Waals surface area contributed by atoms with Crippen molar-refractivity contribution in [1.82, 2.24) is 9.97 Å². The second-order valence-electron chi connectivity index (χ2n) is 6.00. The molecule has 0 aliphatic carbocycles. The summed E-state index contributed by atoms with van der Waals surface area (Å²) in [5, 5.41) is 3.39. The van der Waals surface area contributed by atoms with E-state index in [1.807, 2.05) is 17.5 Å². The Balaban J connectivity index is 2.22. The number of hydrogen-bond donors (Lipinski definition) is 1. The van der Waals surface area contributed by atoms with Gasteiger partial charge in [-0.25, -0.2) is 4.98 Å². The standard InChI is InChI=1S/C16H15ClN2OS/c1-16(2,3)11-8-21-15-12(11)14(20)18-13(19-15)9-4-6-10(17)7-5-9/h4-8H,1-3H3,(H,18,19,20). The van der Waals surface area contributed by atoms with Crippen molar-refractivity contribution in [2.24, 2.45) is 0 Å². The molecule has 0 radical (unpaired) electrons. The molecule has 0 atom stereocenters. The number of aromatic nitrogens is 2. The van der Waals surface area contributed by atoms with Crippen molar-refractivity contribution in [3.63, 3.8) is 0 Å². The zero-order valence-corrected chi connectivity index (χ0v) is 13.6. The van der Waals surface area contributed by atoms with E-state index in [4.69, 9.17) is 11.6 Å². The third-order valence-electron chi connectivity index (χ3n) is 3.37. The van der Waals surface area contributed by atoms with Gasteiger partial charge in [-0.1, -0.05) is 32.4 Å². The van der Waals surface area contributed by atoms with Crippen LogP contribution in [-0.4, -0.2) is 9.97 Å². The molecule has 0 amide bonds. The zero-order valence-electron chi connectivity index (χ0n) is 12.0. The lowest BCUT2D eigenvalue weighted by molar-refractivity contribution is 0.597. The molecule has 0 saturated carbocycles. The largest absolute Gasteiger partial charge is 0.306 e. The van der Waals surface area contributed by atoms with E-state index in [-0.39, 0.29) is 11.0 Å². The highest BCUT2D eigenvalue weighted by atomic mass is 35.5. The Bertz CT molecular complexity index is 857. The van der Waals surface area contributed by atoms with E-state index in [1.165, 1.54) is 11.3 Å². The van der Waals surface area contributed by atoms with E-state index < -0.39 is 0 Å². The van der Waals surface area contributed by atoms with E-state index in [2.05, 4.69) is 30.7 Å². The van der Waals surface area contributed by atoms with E-state index in [1.54, 1.807) is 12.1 Å². The Morgan fingerprint density at radius 3 is 2.48 bits per heavy atom. The average molecular weight is 319 g/mol. The van der Waals surface area contributed by atoms with E-state index in [0.29, 0.717) is 16.2 Å². The molecular weight excluding hydrogens is 304 g/mol. The Hall–Kier alpha value is -1.65. The fraction of sp³-hybridized carbons (Fsp3) is 0.250. The fourth-order valence-electron chi connectivity index (χ4n) is 2.25. The molecule has 0 saturated heterocycles. The third kappa shape index (κ3) is 2.61. The summed E-state index contributed by atoms with van der Waals surface area (Å²) in [6.07, 6.45) is 0. The molecular formula is C16H15ClN2OS. The van der Waals surface area contributed by atoms with Crippen LogP contribution in [0, 0.1) is 0 Å². The van der Waals surface area contributed by atoms with Crippen LogP contribution in [0.5, 0.6) is 0 Å². The van der Waals surface area contributed by atoms with Gasteiger partial charge in [-0.15, -0.1) is 11.3 Å². The summed E-state index contributed by atoms with van der Waals surface area (Å²) in [7, 11) is 0. The van der Waals surface area contributed by atoms with Crippen molar-refractivity contribution in [2.75, 3.05) is 0 Å². The number of fused-ring (bicyclic) bond motifs is 1.